The number of pyridine rings is 1. The molecule has 216 valence electrons. The van der Waals surface area contributed by atoms with E-state index in [1.165, 1.54) is 41.9 Å². The standard InChI is InChI=1S/C32H30F2N4O4/c1-18-5-6-22(31(41)36-4)16-26(18)28-12-11-27(37-30(40)19(2)35-3)32(42)38(28)17-20-13-23(15-25(34)14-20)29(39)21-7-9-24(33)10-8-21/h5-16,19,35H,17H2,1-4H3,(H,36,41)(H,37,40). The number of halogens is 2. The third-order valence-electron chi connectivity index (χ3n) is 6.93. The molecule has 1 atom stereocenters. The Morgan fingerprint density at radius 1 is 0.833 bits per heavy atom. The molecule has 0 saturated carbocycles. The highest BCUT2D eigenvalue weighted by molar-refractivity contribution is 6.09. The molecule has 3 aromatic carbocycles. The van der Waals surface area contributed by atoms with Gasteiger partial charge >= 0.3 is 0 Å². The van der Waals surface area contributed by atoms with Crippen LogP contribution in [0.4, 0.5) is 14.5 Å². The van der Waals surface area contributed by atoms with Gasteiger partial charge < -0.3 is 20.5 Å². The van der Waals surface area contributed by atoms with Crippen molar-refractivity contribution in [3.8, 4) is 11.3 Å². The van der Waals surface area contributed by atoms with E-state index in [0.717, 1.165) is 23.8 Å². The molecule has 0 aliphatic rings. The zero-order valence-corrected chi connectivity index (χ0v) is 23.5. The molecule has 4 rings (SSSR count). The Hall–Kier alpha value is -4.96. The van der Waals surface area contributed by atoms with Gasteiger partial charge in [-0.2, -0.15) is 0 Å². The van der Waals surface area contributed by atoms with Gasteiger partial charge in [0.15, 0.2) is 5.78 Å². The normalized spacial score (nSPS) is 11.6. The lowest BCUT2D eigenvalue weighted by Gasteiger charge is -2.19. The van der Waals surface area contributed by atoms with Crippen LogP contribution >= 0.6 is 0 Å². The van der Waals surface area contributed by atoms with E-state index >= 15 is 0 Å². The largest absolute Gasteiger partial charge is 0.355 e. The van der Waals surface area contributed by atoms with Crippen LogP contribution in [0.15, 0.2) is 77.6 Å². The molecule has 0 bridgehead atoms. The van der Waals surface area contributed by atoms with E-state index in [9.17, 15) is 28.0 Å². The third-order valence-corrected chi connectivity index (χ3v) is 6.93. The minimum atomic E-state index is -0.697. The molecule has 0 saturated heterocycles. The van der Waals surface area contributed by atoms with Crippen molar-refractivity contribution in [1.82, 2.24) is 15.2 Å². The van der Waals surface area contributed by atoms with Crippen molar-refractivity contribution in [3.05, 3.63) is 123 Å². The number of hydrogen-bond acceptors (Lipinski definition) is 5. The molecule has 0 radical (unpaired) electrons. The molecule has 1 unspecified atom stereocenters. The molecule has 1 aromatic heterocycles. The maximum Gasteiger partial charge on any atom is 0.275 e. The summed E-state index contributed by atoms with van der Waals surface area (Å²) < 4.78 is 29.5. The van der Waals surface area contributed by atoms with Gasteiger partial charge in [0, 0.05) is 29.3 Å². The maximum absolute atomic E-state index is 14.8. The van der Waals surface area contributed by atoms with Crippen molar-refractivity contribution in [3.63, 3.8) is 0 Å². The number of likely N-dealkylation sites (N-methyl/N-ethyl adjacent to an activating group) is 1. The Balaban J connectivity index is 1.85. The van der Waals surface area contributed by atoms with Crippen LogP contribution in [-0.2, 0) is 11.3 Å². The van der Waals surface area contributed by atoms with Crippen LogP contribution in [0.5, 0.6) is 0 Å². The fraction of sp³-hybridized carbons (Fsp3) is 0.188. The van der Waals surface area contributed by atoms with Gasteiger partial charge in [-0.05, 0) is 98.8 Å². The fourth-order valence-electron chi connectivity index (χ4n) is 4.44. The number of ketones is 1. The predicted octanol–water partition coefficient (Wildman–Crippen LogP) is 4.29. The number of carbonyl (C=O) groups is 3. The van der Waals surface area contributed by atoms with Crippen LogP contribution in [0.25, 0.3) is 11.3 Å². The SMILES string of the molecule is CNC(=O)c1ccc(C)c(-c2ccc(NC(=O)C(C)NC)c(=O)n2Cc2cc(F)cc(C(=O)c3ccc(F)cc3)c2)c1. The van der Waals surface area contributed by atoms with Gasteiger partial charge in [0.2, 0.25) is 5.91 Å². The molecule has 42 heavy (non-hydrogen) atoms. The van der Waals surface area contributed by atoms with Gasteiger partial charge in [-0.25, -0.2) is 8.78 Å². The highest BCUT2D eigenvalue weighted by atomic mass is 19.1. The summed E-state index contributed by atoms with van der Waals surface area (Å²) in [4.78, 5) is 51.8. The van der Waals surface area contributed by atoms with Gasteiger partial charge in [-0.3, -0.25) is 19.2 Å². The Bertz CT molecular complexity index is 1730. The van der Waals surface area contributed by atoms with Crippen LogP contribution in [0.2, 0.25) is 0 Å². The first-order valence-electron chi connectivity index (χ1n) is 13.2. The Morgan fingerprint density at radius 2 is 1.52 bits per heavy atom. The van der Waals surface area contributed by atoms with E-state index in [-0.39, 0.29) is 29.3 Å². The molecule has 0 aliphatic carbocycles. The summed E-state index contributed by atoms with van der Waals surface area (Å²) in [6, 6.07) is 16.3. The molecular formula is C32H30F2N4O4. The lowest BCUT2D eigenvalue weighted by Crippen LogP contribution is -2.37. The minimum Gasteiger partial charge on any atom is -0.355 e. The zero-order valence-electron chi connectivity index (χ0n) is 23.5. The molecule has 10 heteroatoms. The van der Waals surface area contributed by atoms with E-state index in [1.54, 1.807) is 38.2 Å². The monoisotopic (exact) mass is 572 g/mol. The summed E-state index contributed by atoms with van der Waals surface area (Å²) in [5, 5.41) is 8.02. The topological polar surface area (TPSA) is 109 Å². The molecule has 1 heterocycles. The summed E-state index contributed by atoms with van der Waals surface area (Å²) >= 11 is 0. The number of benzene rings is 3. The van der Waals surface area contributed by atoms with Crippen LogP contribution < -0.4 is 21.5 Å². The van der Waals surface area contributed by atoms with Crippen LogP contribution in [-0.4, -0.2) is 42.3 Å². The molecule has 8 nitrogen and oxygen atoms in total. The molecular weight excluding hydrogens is 542 g/mol. The molecule has 0 spiro atoms. The first kappa shape index (κ1) is 30.0. The van der Waals surface area contributed by atoms with Crippen molar-refractivity contribution in [2.75, 3.05) is 19.4 Å². The van der Waals surface area contributed by atoms with E-state index in [0.29, 0.717) is 22.4 Å². The number of anilines is 1. The number of amides is 2. The first-order valence-corrected chi connectivity index (χ1v) is 13.2. The van der Waals surface area contributed by atoms with Crippen molar-refractivity contribution < 1.29 is 23.2 Å². The van der Waals surface area contributed by atoms with Crippen LogP contribution in [0, 0.1) is 18.6 Å². The summed E-state index contributed by atoms with van der Waals surface area (Å²) in [7, 11) is 3.12. The number of aromatic nitrogens is 1. The summed E-state index contributed by atoms with van der Waals surface area (Å²) in [5.41, 5.74) is 2.07. The number of rotatable bonds is 9. The Morgan fingerprint density at radius 3 is 2.19 bits per heavy atom. The summed E-state index contributed by atoms with van der Waals surface area (Å²) in [5.74, 6) is -2.46. The zero-order chi connectivity index (χ0) is 30.6. The summed E-state index contributed by atoms with van der Waals surface area (Å²) in [6.45, 7) is 3.30. The van der Waals surface area contributed by atoms with Crippen molar-refractivity contribution in [2.24, 2.45) is 0 Å². The number of nitrogens with zero attached hydrogens (tertiary/aromatic N) is 1. The van der Waals surface area contributed by atoms with Gasteiger partial charge in [0.1, 0.15) is 17.3 Å². The number of nitrogens with one attached hydrogen (secondary N) is 3. The molecule has 3 N–H and O–H groups in total. The second-order valence-electron chi connectivity index (χ2n) is 9.82. The second-order valence-corrected chi connectivity index (χ2v) is 9.82. The highest BCUT2D eigenvalue weighted by Gasteiger charge is 2.19. The number of hydrogen-bond donors (Lipinski definition) is 3. The molecule has 4 aromatic rings. The van der Waals surface area contributed by atoms with E-state index < -0.39 is 34.9 Å². The third kappa shape index (κ3) is 6.50. The molecule has 0 aliphatic heterocycles. The van der Waals surface area contributed by atoms with Gasteiger partial charge in [-0.15, -0.1) is 0 Å². The van der Waals surface area contributed by atoms with Crippen LogP contribution in [0.3, 0.4) is 0 Å². The Kier molecular flexibility index (Phi) is 9.07. The van der Waals surface area contributed by atoms with Gasteiger partial charge in [-0.1, -0.05) is 6.07 Å². The lowest BCUT2D eigenvalue weighted by molar-refractivity contribution is -0.117. The first-order chi connectivity index (χ1) is 20.0. The predicted molar refractivity (Wildman–Crippen MR) is 157 cm³/mol. The smallest absolute Gasteiger partial charge is 0.275 e. The van der Waals surface area contributed by atoms with Crippen molar-refractivity contribution >= 4 is 23.3 Å². The highest BCUT2D eigenvalue weighted by Crippen LogP contribution is 2.26. The van der Waals surface area contributed by atoms with Gasteiger partial charge in [0.05, 0.1) is 18.3 Å². The number of aryl methyl sites for hydroxylation is 1. The lowest BCUT2D eigenvalue weighted by atomic mass is 9.99. The molecule has 2 amide bonds. The van der Waals surface area contributed by atoms with E-state index in [1.807, 2.05) is 6.92 Å². The number of carbonyl (C=O) groups excluding carboxylic acids is 3. The average Bonchev–Trinajstić information content (AvgIpc) is 2.98. The van der Waals surface area contributed by atoms with Crippen molar-refractivity contribution in [1.29, 1.82) is 0 Å². The molecule has 0 fully saturated rings. The van der Waals surface area contributed by atoms with Crippen LogP contribution in [0.1, 0.15) is 44.3 Å². The Labute approximate surface area is 241 Å². The average molecular weight is 573 g/mol. The van der Waals surface area contributed by atoms with Crippen molar-refractivity contribution in [2.45, 2.75) is 26.4 Å². The summed E-state index contributed by atoms with van der Waals surface area (Å²) in [6.07, 6.45) is 0. The fourth-order valence-corrected chi connectivity index (χ4v) is 4.44. The maximum atomic E-state index is 14.8. The van der Waals surface area contributed by atoms with E-state index in [2.05, 4.69) is 16.0 Å². The second kappa shape index (κ2) is 12.7. The quantitative estimate of drug-likeness (QED) is 0.260. The van der Waals surface area contributed by atoms with E-state index in [4.69, 9.17) is 0 Å². The van der Waals surface area contributed by atoms with Gasteiger partial charge in [0.25, 0.3) is 11.5 Å². The minimum absolute atomic E-state index is 0.00461.